The van der Waals surface area contributed by atoms with Crippen molar-refractivity contribution in [1.29, 1.82) is 0 Å². The second-order valence-corrected chi connectivity index (χ2v) is 5.54. The van der Waals surface area contributed by atoms with E-state index in [0.29, 0.717) is 0 Å². The predicted molar refractivity (Wildman–Crippen MR) is 101 cm³/mol. The van der Waals surface area contributed by atoms with Crippen LogP contribution < -0.4 is 31.4 Å². The standard InChI is InChI=1S/C17H17FN4O4S/c1-25-14-8-10(6-7-13(14)26-9-15(19)23)16(24)21-22-17(27)20-12-5-3-2-4-11(12)18/h2-8H,9H2,1H3,(H2,19,23)(H,21,24)(H2,20,22,27). The number of benzene rings is 2. The number of hydrazine groups is 1. The van der Waals surface area contributed by atoms with Crippen LogP contribution in [0.3, 0.4) is 0 Å². The molecular formula is C17H17FN4O4S. The summed E-state index contributed by atoms with van der Waals surface area (Å²) in [7, 11) is 1.39. The molecule has 2 amide bonds. The molecule has 27 heavy (non-hydrogen) atoms. The van der Waals surface area contributed by atoms with Crippen molar-refractivity contribution in [3.05, 3.63) is 53.8 Å². The molecule has 142 valence electrons. The molecular weight excluding hydrogens is 375 g/mol. The van der Waals surface area contributed by atoms with Gasteiger partial charge in [0, 0.05) is 5.56 Å². The number of para-hydroxylation sites is 1. The van der Waals surface area contributed by atoms with E-state index in [4.69, 9.17) is 27.4 Å². The van der Waals surface area contributed by atoms with Crippen molar-refractivity contribution in [2.75, 3.05) is 19.0 Å². The Kier molecular flexibility index (Phi) is 6.89. The number of hydrogen-bond acceptors (Lipinski definition) is 5. The predicted octanol–water partition coefficient (Wildman–Crippen LogP) is 1.33. The first kappa shape index (κ1) is 19.9. The van der Waals surface area contributed by atoms with Crippen LogP contribution >= 0.6 is 12.2 Å². The van der Waals surface area contributed by atoms with E-state index in [9.17, 15) is 14.0 Å². The number of ether oxygens (including phenoxy) is 2. The molecule has 10 heteroatoms. The van der Waals surface area contributed by atoms with Gasteiger partial charge in [-0.25, -0.2) is 4.39 Å². The summed E-state index contributed by atoms with van der Waals surface area (Å²) in [6.07, 6.45) is 0. The van der Waals surface area contributed by atoms with E-state index in [1.165, 1.54) is 37.4 Å². The molecule has 0 atom stereocenters. The molecule has 2 aromatic rings. The first-order valence-electron chi connectivity index (χ1n) is 7.61. The molecule has 0 unspecified atom stereocenters. The van der Waals surface area contributed by atoms with Crippen molar-refractivity contribution in [2.24, 2.45) is 5.73 Å². The van der Waals surface area contributed by atoms with Gasteiger partial charge in [-0.1, -0.05) is 12.1 Å². The average molecular weight is 392 g/mol. The minimum absolute atomic E-state index is 0.00169. The molecule has 0 heterocycles. The summed E-state index contributed by atoms with van der Waals surface area (Å²) in [6, 6.07) is 10.3. The summed E-state index contributed by atoms with van der Waals surface area (Å²) in [5.74, 6) is -1.14. The third kappa shape index (κ3) is 5.82. The maximum absolute atomic E-state index is 13.6. The Morgan fingerprint density at radius 2 is 1.89 bits per heavy atom. The minimum Gasteiger partial charge on any atom is -0.493 e. The highest BCUT2D eigenvalue weighted by Crippen LogP contribution is 2.27. The van der Waals surface area contributed by atoms with Crippen molar-refractivity contribution in [3.63, 3.8) is 0 Å². The van der Waals surface area contributed by atoms with Gasteiger partial charge in [-0.3, -0.25) is 20.4 Å². The van der Waals surface area contributed by atoms with E-state index >= 15 is 0 Å². The molecule has 0 fully saturated rings. The minimum atomic E-state index is -0.640. The number of halogens is 1. The SMILES string of the molecule is COc1cc(C(=O)NNC(=S)Nc2ccccc2F)ccc1OCC(N)=O. The Balaban J connectivity index is 1.96. The molecule has 0 saturated heterocycles. The molecule has 0 radical (unpaired) electrons. The zero-order valence-corrected chi connectivity index (χ0v) is 15.1. The molecule has 0 bridgehead atoms. The van der Waals surface area contributed by atoms with Crippen LogP contribution in [0.15, 0.2) is 42.5 Å². The van der Waals surface area contributed by atoms with Crippen LogP contribution in [-0.4, -0.2) is 30.6 Å². The first-order valence-corrected chi connectivity index (χ1v) is 8.02. The molecule has 0 aromatic heterocycles. The zero-order chi connectivity index (χ0) is 19.8. The molecule has 0 aliphatic rings. The zero-order valence-electron chi connectivity index (χ0n) is 14.2. The van der Waals surface area contributed by atoms with Gasteiger partial charge < -0.3 is 20.5 Å². The normalized spacial score (nSPS) is 9.85. The van der Waals surface area contributed by atoms with Crippen LogP contribution in [0.5, 0.6) is 11.5 Å². The van der Waals surface area contributed by atoms with Crippen LogP contribution in [0.1, 0.15) is 10.4 Å². The number of anilines is 1. The Morgan fingerprint density at radius 1 is 1.15 bits per heavy atom. The van der Waals surface area contributed by atoms with E-state index in [2.05, 4.69) is 16.2 Å². The van der Waals surface area contributed by atoms with E-state index in [1.807, 2.05) is 0 Å². The summed E-state index contributed by atoms with van der Waals surface area (Å²) in [6.45, 7) is -0.320. The van der Waals surface area contributed by atoms with E-state index < -0.39 is 17.6 Å². The quantitative estimate of drug-likeness (QED) is 0.433. The lowest BCUT2D eigenvalue weighted by Gasteiger charge is -2.13. The Labute approximate surface area is 159 Å². The lowest BCUT2D eigenvalue weighted by Crippen LogP contribution is -2.43. The van der Waals surface area contributed by atoms with Crippen molar-refractivity contribution in [3.8, 4) is 11.5 Å². The molecule has 2 aromatic carbocycles. The number of hydrogen-bond donors (Lipinski definition) is 4. The average Bonchev–Trinajstić information content (AvgIpc) is 2.66. The number of nitrogens with two attached hydrogens (primary N) is 1. The number of carbonyl (C=O) groups excluding carboxylic acids is 2. The molecule has 0 saturated carbocycles. The number of carbonyl (C=O) groups is 2. The first-order chi connectivity index (χ1) is 12.9. The smallest absolute Gasteiger partial charge is 0.269 e. The lowest BCUT2D eigenvalue weighted by molar-refractivity contribution is -0.119. The van der Waals surface area contributed by atoms with Crippen molar-refractivity contribution in [1.82, 2.24) is 10.9 Å². The number of methoxy groups -OCH3 is 1. The Bertz CT molecular complexity index is 863. The van der Waals surface area contributed by atoms with Crippen LogP contribution in [0, 0.1) is 5.82 Å². The van der Waals surface area contributed by atoms with E-state index in [0.717, 1.165) is 0 Å². The van der Waals surface area contributed by atoms with E-state index in [1.54, 1.807) is 12.1 Å². The maximum atomic E-state index is 13.6. The van der Waals surface area contributed by atoms with Gasteiger partial charge in [0.15, 0.2) is 23.2 Å². The third-order valence-electron chi connectivity index (χ3n) is 3.21. The van der Waals surface area contributed by atoms with Gasteiger partial charge in [0.25, 0.3) is 11.8 Å². The summed E-state index contributed by atoms with van der Waals surface area (Å²) < 4.78 is 23.9. The van der Waals surface area contributed by atoms with Crippen molar-refractivity contribution in [2.45, 2.75) is 0 Å². The number of rotatable bonds is 6. The number of amides is 2. The van der Waals surface area contributed by atoms with Gasteiger partial charge in [-0.05, 0) is 42.5 Å². The second kappa shape index (κ2) is 9.34. The highest BCUT2D eigenvalue weighted by atomic mass is 32.1. The van der Waals surface area contributed by atoms with Gasteiger partial charge in [0.2, 0.25) is 0 Å². The highest BCUT2D eigenvalue weighted by molar-refractivity contribution is 7.80. The Hall–Kier alpha value is -3.40. The second-order valence-electron chi connectivity index (χ2n) is 5.13. The summed E-state index contributed by atoms with van der Waals surface area (Å²) in [5.41, 5.74) is 10.3. The molecule has 0 aliphatic heterocycles. The van der Waals surface area contributed by atoms with Gasteiger partial charge in [0.05, 0.1) is 12.8 Å². The fraction of sp³-hybridized carbons (Fsp3) is 0.118. The molecule has 8 nitrogen and oxygen atoms in total. The Morgan fingerprint density at radius 3 is 2.56 bits per heavy atom. The summed E-state index contributed by atoms with van der Waals surface area (Å²) in [5, 5.41) is 2.62. The van der Waals surface area contributed by atoms with Gasteiger partial charge in [-0.2, -0.15) is 0 Å². The lowest BCUT2D eigenvalue weighted by atomic mass is 10.2. The number of primary amides is 1. The van der Waals surface area contributed by atoms with Crippen LogP contribution in [0.4, 0.5) is 10.1 Å². The number of nitrogens with one attached hydrogen (secondary N) is 3. The van der Waals surface area contributed by atoms with Gasteiger partial charge >= 0.3 is 0 Å². The van der Waals surface area contributed by atoms with Crippen LogP contribution in [0.2, 0.25) is 0 Å². The van der Waals surface area contributed by atoms with Gasteiger partial charge in [0.1, 0.15) is 5.82 Å². The topological polar surface area (TPSA) is 115 Å². The fourth-order valence-corrected chi connectivity index (χ4v) is 2.14. The fourth-order valence-electron chi connectivity index (χ4n) is 1.98. The van der Waals surface area contributed by atoms with Gasteiger partial charge in [-0.15, -0.1) is 0 Å². The largest absolute Gasteiger partial charge is 0.493 e. The molecule has 0 spiro atoms. The maximum Gasteiger partial charge on any atom is 0.269 e. The molecule has 0 aliphatic carbocycles. The van der Waals surface area contributed by atoms with E-state index in [-0.39, 0.29) is 34.5 Å². The summed E-state index contributed by atoms with van der Waals surface area (Å²) in [4.78, 5) is 23.0. The highest BCUT2D eigenvalue weighted by Gasteiger charge is 2.12. The number of thiocarbonyl (C=S) groups is 1. The molecule has 5 N–H and O–H groups in total. The molecule has 2 rings (SSSR count). The summed E-state index contributed by atoms with van der Waals surface area (Å²) >= 11 is 5.00. The van der Waals surface area contributed by atoms with Crippen molar-refractivity contribution < 1.29 is 23.5 Å². The monoisotopic (exact) mass is 392 g/mol. The third-order valence-corrected chi connectivity index (χ3v) is 3.41. The van der Waals surface area contributed by atoms with Crippen molar-refractivity contribution >= 4 is 34.8 Å². The van der Waals surface area contributed by atoms with Crippen LogP contribution in [-0.2, 0) is 4.79 Å². The van der Waals surface area contributed by atoms with Crippen LogP contribution in [0.25, 0.3) is 0 Å².